The fourth-order valence-corrected chi connectivity index (χ4v) is 3.20. The van der Waals surface area contributed by atoms with Crippen LogP contribution < -0.4 is 10.6 Å². The standard InChI is InChI=1S/C20H29N3O4/c1-4-11-20(16-9-6-5-7-10-16)18(25)23(19(26)22-20)14-17(24)21-12-8-13-27-15(2)3/h5-7,9-10,15H,4,8,11-14H2,1-3H3,(H,21,24)(H,22,26)/t20-/m0/s1. The molecule has 0 aromatic heterocycles. The Labute approximate surface area is 160 Å². The predicted octanol–water partition coefficient (Wildman–Crippen LogP) is 2.17. The lowest BCUT2D eigenvalue weighted by Gasteiger charge is -2.26. The van der Waals surface area contributed by atoms with Crippen molar-refractivity contribution in [3.63, 3.8) is 0 Å². The Morgan fingerprint density at radius 2 is 1.96 bits per heavy atom. The average molecular weight is 375 g/mol. The summed E-state index contributed by atoms with van der Waals surface area (Å²) in [5.74, 6) is -0.734. The van der Waals surface area contributed by atoms with Crippen molar-refractivity contribution in [2.75, 3.05) is 19.7 Å². The molecule has 1 aromatic carbocycles. The first-order valence-corrected chi connectivity index (χ1v) is 9.48. The molecule has 2 rings (SSSR count). The van der Waals surface area contributed by atoms with E-state index in [2.05, 4.69) is 10.6 Å². The highest BCUT2D eigenvalue weighted by atomic mass is 16.5. The van der Waals surface area contributed by atoms with Gasteiger partial charge >= 0.3 is 6.03 Å². The molecule has 1 aliphatic rings. The summed E-state index contributed by atoms with van der Waals surface area (Å²) in [4.78, 5) is 38.7. The summed E-state index contributed by atoms with van der Waals surface area (Å²) < 4.78 is 5.41. The van der Waals surface area contributed by atoms with Gasteiger partial charge in [-0.3, -0.25) is 14.5 Å². The number of urea groups is 1. The number of benzene rings is 1. The second-order valence-electron chi connectivity index (χ2n) is 6.97. The van der Waals surface area contributed by atoms with Crippen LogP contribution in [-0.2, 0) is 19.9 Å². The Bertz CT molecular complexity index is 662. The molecule has 0 aliphatic carbocycles. The van der Waals surface area contributed by atoms with Gasteiger partial charge in [-0.05, 0) is 32.3 Å². The molecule has 0 bridgehead atoms. The lowest BCUT2D eigenvalue weighted by molar-refractivity contribution is -0.135. The highest BCUT2D eigenvalue weighted by molar-refractivity contribution is 6.09. The Kier molecular flexibility index (Phi) is 7.36. The third-order valence-corrected chi connectivity index (χ3v) is 4.46. The summed E-state index contributed by atoms with van der Waals surface area (Å²) >= 11 is 0. The Morgan fingerprint density at radius 1 is 1.26 bits per heavy atom. The van der Waals surface area contributed by atoms with Crippen molar-refractivity contribution < 1.29 is 19.1 Å². The third kappa shape index (κ3) is 5.07. The molecule has 1 saturated heterocycles. The fourth-order valence-electron chi connectivity index (χ4n) is 3.20. The van der Waals surface area contributed by atoms with Crippen molar-refractivity contribution in [2.24, 2.45) is 0 Å². The molecule has 148 valence electrons. The number of carbonyl (C=O) groups is 3. The molecule has 0 unspecified atom stereocenters. The van der Waals surface area contributed by atoms with E-state index in [1.807, 2.05) is 51.1 Å². The maximum atomic E-state index is 13.1. The van der Waals surface area contributed by atoms with Crippen LogP contribution in [0.4, 0.5) is 4.79 Å². The van der Waals surface area contributed by atoms with Crippen LogP contribution in [0.1, 0.15) is 45.6 Å². The first kappa shape index (κ1) is 20.9. The van der Waals surface area contributed by atoms with Gasteiger partial charge in [0.05, 0.1) is 6.10 Å². The van der Waals surface area contributed by atoms with E-state index in [0.717, 1.165) is 16.9 Å². The zero-order valence-corrected chi connectivity index (χ0v) is 16.3. The fraction of sp³-hybridized carbons (Fsp3) is 0.550. The van der Waals surface area contributed by atoms with Crippen LogP contribution in [0, 0.1) is 0 Å². The van der Waals surface area contributed by atoms with E-state index in [9.17, 15) is 14.4 Å². The molecule has 1 heterocycles. The van der Waals surface area contributed by atoms with Gasteiger partial charge in [-0.25, -0.2) is 4.79 Å². The second kappa shape index (κ2) is 9.50. The van der Waals surface area contributed by atoms with Gasteiger partial charge in [0.15, 0.2) is 0 Å². The molecule has 0 spiro atoms. The molecule has 1 atom stereocenters. The molecule has 1 fully saturated rings. The maximum Gasteiger partial charge on any atom is 0.325 e. The van der Waals surface area contributed by atoms with Crippen molar-refractivity contribution in [3.05, 3.63) is 35.9 Å². The molecule has 7 nitrogen and oxygen atoms in total. The minimum absolute atomic E-state index is 0.149. The Balaban J connectivity index is 1.99. The van der Waals surface area contributed by atoms with Crippen LogP contribution in [0.3, 0.4) is 0 Å². The summed E-state index contributed by atoms with van der Waals surface area (Å²) in [6.07, 6.45) is 2.02. The SMILES string of the molecule is CCC[C@@]1(c2ccccc2)NC(=O)N(CC(=O)NCCCOC(C)C)C1=O. The number of amides is 4. The van der Waals surface area contributed by atoms with Crippen molar-refractivity contribution in [1.29, 1.82) is 0 Å². The van der Waals surface area contributed by atoms with E-state index in [0.29, 0.717) is 26.0 Å². The van der Waals surface area contributed by atoms with Gasteiger partial charge in [-0.15, -0.1) is 0 Å². The van der Waals surface area contributed by atoms with Gasteiger partial charge in [-0.1, -0.05) is 43.7 Å². The highest BCUT2D eigenvalue weighted by Crippen LogP contribution is 2.33. The van der Waals surface area contributed by atoms with E-state index >= 15 is 0 Å². The predicted molar refractivity (Wildman–Crippen MR) is 102 cm³/mol. The van der Waals surface area contributed by atoms with Gasteiger partial charge in [0, 0.05) is 13.2 Å². The van der Waals surface area contributed by atoms with E-state index < -0.39 is 11.6 Å². The van der Waals surface area contributed by atoms with Gasteiger partial charge in [0.1, 0.15) is 12.1 Å². The van der Waals surface area contributed by atoms with Crippen LogP contribution in [0.15, 0.2) is 30.3 Å². The topological polar surface area (TPSA) is 87.7 Å². The van der Waals surface area contributed by atoms with Crippen LogP contribution in [0.2, 0.25) is 0 Å². The average Bonchev–Trinajstić information content (AvgIpc) is 2.87. The van der Waals surface area contributed by atoms with Crippen LogP contribution in [0.5, 0.6) is 0 Å². The zero-order valence-electron chi connectivity index (χ0n) is 16.3. The van der Waals surface area contributed by atoms with E-state index in [4.69, 9.17) is 4.74 Å². The molecule has 0 radical (unpaired) electrons. The van der Waals surface area contributed by atoms with Crippen molar-refractivity contribution >= 4 is 17.8 Å². The number of nitrogens with zero attached hydrogens (tertiary/aromatic N) is 1. The number of ether oxygens (including phenoxy) is 1. The largest absolute Gasteiger partial charge is 0.379 e. The molecular weight excluding hydrogens is 346 g/mol. The maximum absolute atomic E-state index is 13.1. The van der Waals surface area contributed by atoms with Crippen molar-refractivity contribution in [3.8, 4) is 0 Å². The van der Waals surface area contributed by atoms with Crippen molar-refractivity contribution in [2.45, 2.75) is 51.7 Å². The summed E-state index contributed by atoms with van der Waals surface area (Å²) in [5, 5.41) is 5.55. The number of imide groups is 1. The molecular formula is C20H29N3O4. The molecule has 4 amide bonds. The minimum atomic E-state index is -1.10. The van der Waals surface area contributed by atoms with E-state index in [1.165, 1.54) is 0 Å². The number of carbonyl (C=O) groups excluding carboxylic acids is 3. The minimum Gasteiger partial charge on any atom is -0.379 e. The van der Waals surface area contributed by atoms with Gasteiger partial charge in [0.25, 0.3) is 5.91 Å². The van der Waals surface area contributed by atoms with Gasteiger partial charge in [-0.2, -0.15) is 0 Å². The Hall–Kier alpha value is -2.41. The molecule has 1 aliphatic heterocycles. The number of nitrogens with one attached hydrogen (secondary N) is 2. The van der Waals surface area contributed by atoms with E-state index in [1.54, 1.807) is 0 Å². The van der Waals surface area contributed by atoms with Crippen LogP contribution in [0.25, 0.3) is 0 Å². The smallest absolute Gasteiger partial charge is 0.325 e. The molecule has 7 heteroatoms. The van der Waals surface area contributed by atoms with Gasteiger partial charge < -0.3 is 15.4 Å². The molecule has 2 N–H and O–H groups in total. The number of hydrogen-bond acceptors (Lipinski definition) is 4. The first-order valence-electron chi connectivity index (χ1n) is 9.48. The second-order valence-corrected chi connectivity index (χ2v) is 6.97. The van der Waals surface area contributed by atoms with Gasteiger partial charge in [0.2, 0.25) is 5.91 Å². The van der Waals surface area contributed by atoms with Crippen molar-refractivity contribution in [1.82, 2.24) is 15.5 Å². The molecule has 27 heavy (non-hydrogen) atoms. The lowest BCUT2D eigenvalue weighted by atomic mass is 9.85. The van der Waals surface area contributed by atoms with Crippen LogP contribution >= 0.6 is 0 Å². The highest BCUT2D eigenvalue weighted by Gasteiger charge is 2.52. The normalized spacial score (nSPS) is 19.5. The van der Waals surface area contributed by atoms with E-state index in [-0.39, 0.29) is 24.5 Å². The molecule has 1 aromatic rings. The number of hydrogen-bond donors (Lipinski definition) is 2. The Morgan fingerprint density at radius 3 is 2.59 bits per heavy atom. The number of rotatable bonds is 10. The summed E-state index contributed by atoms with van der Waals surface area (Å²) in [5.41, 5.74) is -0.364. The summed E-state index contributed by atoms with van der Waals surface area (Å²) in [6, 6.07) is 8.65. The first-order chi connectivity index (χ1) is 12.9. The quantitative estimate of drug-likeness (QED) is 0.485. The zero-order chi connectivity index (χ0) is 19.9. The third-order valence-electron chi connectivity index (χ3n) is 4.46. The monoisotopic (exact) mass is 375 g/mol. The molecule has 0 saturated carbocycles. The summed E-state index contributed by atoms with van der Waals surface area (Å²) in [7, 11) is 0. The summed E-state index contributed by atoms with van der Waals surface area (Å²) in [6.45, 7) is 6.56. The lowest BCUT2D eigenvalue weighted by Crippen LogP contribution is -2.45. The van der Waals surface area contributed by atoms with Crippen LogP contribution in [-0.4, -0.2) is 48.5 Å².